The van der Waals surface area contributed by atoms with Crippen molar-refractivity contribution >= 4 is 23.7 Å². The van der Waals surface area contributed by atoms with Crippen LogP contribution in [0.3, 0.4) is 0 Å². The van der Waals surface area contributed by atoms with E-state index in [2.05, 4.69) is 5.48 Å². The van der Waals surface area contributed by atoms with Gasteiger partial charge in [0.25, 0.3) is 0 Å². The Labute approximate surface area is 144 Å². The number of nitrogens with one attached hydrogen (secondary N) is 1. The lowest BCUT2D eigenvalue weighted by Crippen LogP contribution is -2.37. The predicted molar refractivity (Wildman–Crippen MR) is 92.7 cm³/mol. The highest BCUT2D eigenvalue weighted by molar-refractivity contribution is 8.02. The van der Waals surface area contributed by atoms with Crippen LogP contribution < -0.4 is 5.48 Å². The molecule has 0 fully saturated rings. The monoisotopic (exact) mass is 343 g/mol. The minimum Gasteiger partial charge on any atom is -0.480 e. The van der Waals surface area contributed by atoms with Gasteiger partial charge in [-0.2, -0.15) is 5.48 Å². The fraction of sp³-hybridized carbons (Fsp3) is 0.167. The average molecular weight is 343 g/mol. The van der Waals surface area contributed by atoms with Gasteiger partial charge in [-0.05, 0) is 11.1 Å². The molecule has 2 N–H and O–H groups in total. The first-order chi connectivity index (χ1) is 11.7. The Morgan fingerprint density at radius 2 is 1.67 bits per heavy atom. The Hall–Kier alpha value is -2.37. The Bertz CT molecular complexity index is 699. The quantitative estimate of drug-likeness (QED) is 0.539. The van der Waals surface area contributed by atoms with Crippen LogP contribution in [0.15, 0.2) is 65.6 Å². The van der Waals surface area contributed by atoms with Crippen molar-refractivity contribution in [3.05, 3.63) is 76.7 Å². The van der Waals surface area contributed by atoms with Crippen molar-refractivity contribution in [3.8, 4) is 0 Å². The van der Waals surface area contributed by atoms with Crippen LogP contribution in [-0.2, 0) is 26.8 Å². The minimum atomic E-state index is -1.25. The van der Waals surface area contributed by atoms with E-state index in [4.69, 9.17) is 4.84 Å². The summed E-state index contributed by atoms with van der Waals surface area (Å²) in [6.07, 6.45) is 0. The number of hydroxylamine groups is 1. The van der Waals surface area contributed by atoms with Crippen molar-refractivity contribution in [3.63, 3.8) is 0 Å². The summed E-state index contributed by atoms with van der Waals surface area (Å²) in [6.45, 7) is 0.195. The van der Waals surface area contributed by atoms with Crippen LogP contribution in [0.5, 0.6) is 0 Å². The van der Waals surface area contributed by atoms with Gasteiger partial charge in [0.1, 0.15) is 5.94 Å². The molecule has 0 aliphatic carbocycles. The minimum absolute atomic E-state index is 0.0411. The van der Waals surface area contributed by atoms with Gasteiger partial charge in [-0.25, -0.2) is 4.79 Å². The van der Waals surface area contributed by atoms with Gasteiger partial charge >= 0.3 is 5.97 Å². The smallest absolute Gasteiger partial charge is 0.328 e. The molecule has 0 saturated carbocycles. The van der Waals surface area contributed by atoms with Gasteiger partial charge in [-0.1, -0.05) is 60.7 Å². The molecule has 5 nitrogen and oxygen atoms in total. The summed E-state index contributed by atoms with van der Waals surface area (Å²) in [5.74, 6) is 0.998. The number of carboxylic acid groups (broad SMARTS) is 1. The molecule has 0 aliphatic rings. The zero-order valence-corrected chi connectivity index (χ0v) is 13.7. The van der Waals surface area contributed by atoms with Crippen molar-refractivity contribution in [2.24, 2.45) is 0 Å². The second kappa shape index (κ2) is 9.70. The normalized spacial score (nSPS) is 11.5. The third-order valence-corrected chi connectivity index (χ3v) is 4.24. The lowest BCUT2D eigenvalue weighted by atomic mass is 10.2. The molecular formula is C18H17NO4S. The highest BCUT2D eigenvalue weighted by atomic mass is 32.2. The maximum Gasteiger partial charge on any atom is 0.328 e. The molecule has 0 aliphatic heterocycles. The van der Waals surface area contributed by atoms with E-state index in [1.54, 1.807) is 5.94 Å². The molecule has 2 aromatic rings. The molecule has 0 amide bonds. The summed E-state index contributed by atoms with van der Waals surface area (Å²) >= 11 is 1.13. The molecule has 0 saturated heterocycles. The van der Waals surface area contributed by atoms with Gasteiger partial charge in [0.05, 0.1) is 11.5 Å². The molecule has 2 aromatic carbocycles. The van der Waals surface area contributed by atoms with Gasteiger partial charge in [-0.15, -0.1) is 11.8 Å². The largest absolute Gasteiger partial charge is 0.480 e. The summed E-state index contributed by atoms with van der Waals surface area (Å²) < 4.78 is 0. The fourth-order valence-electron chi connectivity index (χ4n) is 1.91. The van der Waals surface area contributed by atoms with Crippen molar-refractivity contribution in [1.29, 1.82) is 0 Å². The summed E-state index contributed by atoms with van der Waals surface area (Å²) in [5, 5.41) is 9.31. The molecule has 24 heavy (non-hydrogen) atoms. The number of aliphatic carboxylic acids is 1. The lowest BCUT2D eigenvalue weighted by Gasteiger charge is -2.15. The van der Waals surface area contributed by atoms with Crippen LogP contribution in [-0.4, -0.2) is 23.1 Å². The van der Waals surface area contributed by atoms with E-state index in [1.165, 1.54) is 0 Å². The predicted octanol–water partition coefficient (Wildman–Crippen LogP) is 2.81. The SMILES string of the molecule is O=C=C(SCc1ccccc1)C(NOCc1ccccc1)C(=O)O. The van der Waals surface area contributed by atoms with Gasteiger partial charge in [0, 0.05) is 5.75 Å². The van der Waals surface area contributed by atoms with E-state index in [0.29, 0.717) is 5.75 Å². The first kappa shape index (κ1) is 18.0. The maximum absolute atomic E-state index is 11.4. The Morgan fingerprint density at radius 3 is 2.21 bits per heavy atom. The number of carbonyl (C=O) groups excluding carboxylic acids is 1. The number of carboxylic acids is 1. The first-order valence-corrected chi connectivity index (χ1v) is 8.25. The fourth-order valence-corrected chi connectivity index (χ4v) is 2.79. The third kappa shape index (κ3) is 5.68. The van der Waals surface area contributed by atoms with E-state index in [-0.39, 0.29) is 11.5 Å². The van der Waals surface area contributed by atoms with E-state index in [0.717, 1.165) is 22.9 Å². The maximum atomic E-state index is 11.4. The van der Waals surface area contributed by atoms with Crippen LogP contribution in [0, 0.1) is 0 Å². The Morgan fingerprint density at radius 1 is 1.08 bits per heavy atom. The van der Waals surface area contributed by atoms with E-state index < -0.39 is 12.0 Å². The van der Waals surface area contributed by atoms with Gasteiger partial charge in [0.15, 0.2) is 6.04 Å². The van der Waals surface area contributed by atoms with Crippen LogP contribution in [0.25, 0.3) is 0 Å². The van der Waals surface area contributed by atoms with Crippen molar-refractivity contribution in [2.75, 3.05) is 0 Å². The highest BCUT2D eigenvalue weighted by Crippen LogP contribution is 2.22. The summed E-state index contributed by atoms with van der Waals surface area (Å²) in [5.41, 5.74) is 4.32. The molecule has 0 spiro atoms. The number of thioether (sulfide) groups is 1. The molecule has 2 rings (SSSR count). The number of hydrogen-bond donors (Lipinski definition) is 2. The average Bonchev–Trinajstić information content (AvgIpc) is 2.62. The van der Waals surface area contributed by atoms with Gasteiger partial charge in [0.2, 0.25) is 0 Å². The molecule has 0 bridgehead atoms. The van der Waals surface area contributed by atoms with Crippen LogP contribution in [0.4, 0.5) is 0 Å². The second-order valence-corrected chi connectivity index (χ2v) is 5.92. The molecule has 0 heterocycles. The first-order valence-electron chi connectivity index (χ1n) is 7.26. The Kier molecular flexibility index (Phi) is 7.26. The molecule has 124 valence electrons. The summed E-state index contributed by atoms with van der Waals surface area (Å²) in [7, 11) is 0. The number of rotatable bonds is 9. The molecular weight excluding hydrogens is 326 g/mol. The van der Waals surface area contributed by atoms with Crippen molar-refractivity contribution < 1.29 is 19.5 Å². The van der Waals surface area contributed by atoms with E-state index >= 15 is 0 Å². The lowest BCUT2D eigenvalue weighted by molar-refractivity contribution is -0.142. The zero-order valence-electron chi connectivity index (χ0n) is 12.8. The molecule has 6 heteroatoms. The zero-order chi connectivity index (χ0) is 17.2. The topological polar surface area (TPSA) is 75.6 Å². The standard InChI is InChI=1S/C18H17NO4S/c20-11-16(24-13-15-9-5-2-6-10-15)17(18(21)22)19-23-12-14-7-3-1-4-8-14/h1-10,17,19H,12-13H2,(H,21,22). The van der Waals surface area contributed by atoms with E-state index in [1.807, 2.05) is 60.7 Å². The molecule has 1 atom stereocenters. The summed E-state index contributed by atoms with van der Waals surface area (Å²) in [4.78, 5) is 27.8. The number of hydrogen-bond acceptors (Lipinski definition) is 5. The number of carbonyl (C=O) groups is 1. The van der Waals surface area contributed by atoms with Crippen LogP contribution in [0.1, 0.15) is 11.1 Å². The van der Waals surface area contributed by atoms with Crippen molar-refractivity contribution in [2.45, 2.75) is 18.4 Å². The molecule has 0 radical (unpaired) electrons. The van der Waals surface area contributed by atoms with Gasteiger partial charge in [-0.3, -0.25) is 9.63 Å². The van der Waals surface area contributed by atoms with Gasteiger partial charge < -0.3 is 5.11 Å². The number of benzene rings is 2. The van der Waals surface area contributed by atoms with Crippen molar-refractivity contribution in [1.82, 2.24) is 5.48 Å². The Balaban J connectivity index is 1.92. The third-order valence-electron chi connectivity index (χ3n) is 3.13. The van der Waals surface area contributed by atoms with E-state index in [9.17, 15) is 14.7 Å². The van der Waals surface area contributed by atoms with Crippen LogP contribution in [0.2, 0.25) is 0 Å². The molecule has 1 unspecified atom stereocenters. The second-order valence-electron chi connectivity index (χ2n) is 4.90. The summed E-state index contributed by atoms with van der Waals surface area (Å²) in [6, 6.07) is 17.5. The van der Waals surface area contributed by atoms with Crippen LogP contribution >= 0.6 is 11.8 Å². The molecule has 0 aromatic heterocycles. The highest BCUT2D eigenvalue weighted by Gasteiger charge is 2.24.